The van der Waals surface area contributed by atoms with Gasteiger partial charge in [0.2, 0.25) is 0 Å². The molecule has 0 aromatic heterocycles. The lowest BCUT2D eigenvalue weighted by molar-refractivity contribution is 0.867. The van der Waals surface area contributed by atoms with E-state index < -0.39 is 0 Å². The van der Waals surface area contributed by atoms with Crippen LogP contribution < -0.4 is 0 Å². The second-order valence-electron chi connectivity index (χ2n) is 6.46. The summed E-state index contributed by atoms with van der Waals surface area (Å²) in [4.78, 5) is 0. The van der Waals surface area contributed by atoms with Gasteiger partial charge in [-0.3, -0.25) is 0 Å². The number of hydrogen-bond donors (Lipinski definition) is 0. The summed E-state index contributed by atoms with van der Waals surface area (Å²) < 4.78 is 0. The molecule has 0 aliphatic rings. The van der Waals surface area contributed by atoms with E-state index in [1.54, 1.807) is 0 Å². The van der Waals surface area contributed by atoms with E-state index in [2.05, 4.69) is 81.4 Å². The van der Waals surface area contributed by atoms with Crippen molar-refractivity contribution >= 4 is 32.3 Å². The number of rotatable bonds is 1. The van der Waals surface area contributed by atoms with E-state index in [1.807, 2.05) is 0 Å². The van der Waals surface area contributed by atoms with Crippen molar-refractivity contribution < 1.29 is 0 Å². The third-order valence-corrected chi connectivity index (χ3v) is 4.74. The van der Waals surface area contributed by atoms with Crippen molar-refractivity contribution in [3.63, 3.8) is 0 Å². The summed E-state index contributed by atoms with van der Waals surface area (Å²) in [6.07, 6.45) is 0. The first-order valence-electron chi connectivity index (χ1n) is 8.01. The van der Waals surface area contributed by atoms with Gasteiger partial charge in [-0.05, 0) is 56.3 Å². The zero-order chi connectivity index (χ0) is 15.3. The van der Waals surface area contributed by atoms with E-state index >= 15 is 0 Å². The monoisotopic (exact) mass is 284 g/mol. The SMILES string of the molecule is Cc1ccc2c3ccccc3c3ccccc3c2c1C(C)C. The molecule has 4 aromatic carbocycles. The lowest BCUT2D eigenvalue weighted by Crippen LogP contribution is -1.95. The molecule has 0 heteroatoms. The molecule has 0 amide bonds. The molecule has 108 valence electrons. The number of aryl methyl sites for hydroxylation is 1. The highest BCUT2D eigenvalue weighted by Gasteiger charge is 2.14. The normalized spacial score (nSPS) is 11.8. The average molecular weight is 284 g/mol. The molecular formula is C22H20. The second kappa shape index (κ2) is 4.84. The van der Waals surface area contributed by atoms with Gasteiger partial charge in [0.05, 0.1) is 0 Å². The fraction of sp³-hybridized carbons (Fsp3) is 0.182. The molecule has 0 saturated carbocycles. The minimum Gasteiger partial charge on any atom is -0.0616 e. The predicted molar refractivity (Wildman–Crippen MR) is 97.8 cm³/mol. The van der Waals surface area contributed by atoms with Crippen molar-refractivity contribution in [1.82, 2.24) is 0 Å². The summed E-state index contributed by atoms with van der Waals surface area (Å²) in [7, 11) is 0. The van der Waals surface area contributed by atoms with Crippen molar-refractivity contribution in [3.8, 4) is 0 Å². The fourth-order valence-corrected chi connectivity index (χ4v) is 3.87. The highest BCUT2D eigenvalue weighted by atomic mass is 14.2. The van der Waals surface area contributed by atoms with Crippen molar-refractivity contribution in [3.05, 3.63) is 71.8 Å². The lowest BCUT2D eigenvalue weighted by atomic mass is 9.86. The van der Waals surface area contributed by atoms with Gasteiger partial charge < -0.3 is 0 Å². The molecule has 0 radical (unpaired) electrons. The molecule has 4 rings (SSSR count). The standard InChI is InChI=1S/C22H20/c1-14(2)21-15(3)12-13-20-18-10-5-4-8-16(18)17-9-6-7-11-19(17)22(20)21/h4-14H,1-3H3. The molecule has 0 heterocycles. The van der Waals surface area contributed by atoms with Crippen molar-refractivity contribution in [1.29, 1.82) is 0 Å². The van der Waals surface area contributed by atoms with Crippen LogP contribution in [0.3, 0.4) is 0 Å². The van der Waals surface area contributed by atoms with Crippen molar-refractivity contribution in [2.24, 2.45) is 0 Å². The number of benzene rings is 4. The van der Waals surface area contributed by atoms with Crippen molar-refractivity contribution in [2.75, 3.05) is 0 Å². The smallest absolute Gasteiger partial charge is 0.00616 e. The first-order chi connectivity index (χ1) is 10.7. The van der Waals surface area contributed by atoms with Crippen LogP contribution >= 0.6 is 0 Å². The first kappa shape index (κ1) is 13.3. The highest BCUT2D eigenvalue weighted by molar-refractivity contribution is 6.26. The molecule has 0 aliphatic carbocycles. The highest BCUT2D eigenvalue weighted by Crippen LogP contribution is 2.39. The quantitative estimate of drug-likeness (QED) is 0.346. The van der Waals surface area contributed by atoms with E-state index in [0.717, 1.165) is 0 Å². The molecule has 4 aromatic rings. The van der Waals surface area contributed by atoms with Gasteiger partial charge in [-0.25, -0.2) is 0 Å². The van der Waals surface area contributed by atoms with Crippen LogP contribution in [0.1, 0.15) is 30.9 Å². The maximum atomic E-state index is 2.30. The van der Waals surface area contributed by atoms with E-state index in [9.17, 15) is 0 Å². The van der Waals surface area contributed by atoms with E-state index in [0.29, 0.717) is 5.92 Å². The summed E-state index contributed by atoms with van der Waals surface area (Å²) in [5.41, 5.74) is 2.88. The Morgan fingerprint density at radius 2 is 1.05 bits per heavy atom. The lowest BCUT2D eigenvalue weighted by Gasteiger charge is -2.18. The summed E-state index contributed by atoms with van der Waals surface area (Å²) in [6, 6.07) is 22.2. The van der Waals surface area contributed by atoms with Crippen LogP contribution in [0.25, 0.3) is 32.3 Å². The third-order valence-electron chi connectivity index (χ3n) is 4.74. The first-order valence-corrected chi connectivity index (χ1v) is 8.01. The Bertz CT molecular complexity index is 971. The molecule has 0 N–H and O–H groups in total. The maximum Gasteiger partial charge on any atom is -0.00616 e. The molecule has 0 atom stereocenters. The number of fused-ring (bicyclic) bond motifs is 6. The zero-order valence-electron chi connectivity index (χ0n) is 13.4. The molecule has 22 heavy (non-hydrogen) atoms. The summed E-state index contributed by atoms with van der Waals surface area (Å²) in [5, 5.41) is 8.26. The molecule has 0 nitrogen and oxygen atoms in total. The van der Waals surface area contributed by atoms with Crippen LogP contribution in [0.5, 0.6) is 0 Å². The Kier molecular flexibility index (Phi) is 2.94. The molecule has 0 spiro atoms. The minimum absolute atomic E-state index is 0.522. The average Bonchev–Trinajstić information content (AvgIpc) is 2.54. The van der Waals surface area contributed by atoms with Crippen LogP contribution in [0, 0.1) is 6.92 Å². The van der Waals surface area contributed by atoms with E-state index in [-0.39, 0.29) is 0 Å². The Morgan fingerprint density at radius 3 is 1.59 bits per heavy atom. The van der Waals surface area contributed by atoms with Crippen LogP contribution in [0.4, 0.5) is 0 Å². The van der Waals surface area contributed by atoms with Gasteiger partial charge in [-0.2, -0.15) is 0 Å². The molecular weight excluding hydrogens is 264 g/mol. The van der Waals surface area contributed by atoms with Gasteiger partial charge in [0.1, 0.15) is 0 Å². The van der Waals surface area contributed by atoms with Crippen LogP contribution in [-0.4, -0.2) is 0 Å². The van der Waals surface area contributed by atoms with Gasteiger partial charge in [0, 0.05) is 0 Å². The zero-order valence-corrected chi connectivity index (χ0v) is 13.4. The molecule has 0 fully saturated rings. The van der Waals surface area contributed by atoms with Gasteiger partial charge >= 0.3 is 0 Å². The Labute approximate surface area is 131 Å². The van der Waals surface area contributed by atoms with E-state index in [4.69, 9.17) is 0 Å². The van der Waals surface area contributed by atoms with Gasteiger partial charge in [-0.1, -0.05) is 74.5 Å². The Balaban J connectivity index is 2.41. The summed E-state index contributed by atoms with van der Waals surface area (Å²) in [5.74, 6) is 0.522. The van der Waals surface area contributed by atoms with Crippen LogP contribution in [0.15, 0.2) is 60.7 Å². The molecule has 0 bridgehead atoms. The van der Waals surface area contributed by atoms with Crippen LogP contribution in [-0.2, 0) is 0 Å². The van der Waals surface area contributed by atoms with Gasteiger partial charge in [-0.15, -0.1) is 0 Å². The second-order valence-corrected chi connectivity index (χ2v) is 6.46. The predicted octanol–water partition coefficient (Wildman–Crippen LogP) is 6.58. The summed E-state index contributed by atoms with van der Waals surface area (Å²) >= 11 is 0. The van der Waals surface area contributed by atoms with E-state index in [1.165, 1.54) is 43.4 Å². The van der Waals surface area contributed by atoms with Crippen LogP contribution in [0.2, 0.25) is 0 Å². The largest absolute Gasteiger partial charge is 0.0616 e. The molecule has 0 unspecified atom stereocenters. The van der Waals surface area contributed by atoms with Gasteiger partial charge in [0.15, 0.2) is 0 Å². The molecule has 0 saturated heterocycles. The summed E-state index contributed by atoms with van der Waals surface area (Å²) in [6.45, 7) is 6.83. The third kappa shape index (κ3) is 1.77. The molecule has 0 aliphatic heterocycles. The Hall–Kier alpha value is -2.34. The Morgan fingerprint density at radius 1 is 0.591 bits per heavy atom. The minimum atomic E-state index is 0.522. The fourth-order valence-electron chi connectivity index (χ4n) is 3.87. The van der Waals surface area contributed by atoms with Crippen molar-refractivity contribution in [2.45, 2.75) is 26.7 Å². The van der Waals surface area contributed by atoms with Gasteiger partial charge in [0.25, 0.3) is 0 Å². The number of hydrogen-bond acceptors (Lipinski definition) is 0. The topological polar surface area (TPSA) is 0 Å². The maximum absolute atomic E-state index is 2.30.